The van der Waals surface area contributed by atoms with Crippen molar-refractivity contribution in [2.45, 2.75) is 25.0 Å². The first kappa shape index (κ1) is 18.6. The lowest BCUT2D eigenvalue weighted by Crippen LogP contribution is -2.43. The molecule has 5 rings (SSSR count). The second kappa shape index (κ2) is 7.12. The topological polar surface area (TPSA) is 40.5 Å². The van der Waals surface area contributed by atoms with Gasteiger partial charge in [0.2, 0.25) is 0 Å². The summed E-state index contributed by atoms with van der Waals surface area (Å²) in [4.78, 5) is 15.4. The SMILES string of the molecule is C[C@@H](c1ccc2ccccc2c1)[C@]1(O)C(=O)N(Cc2ccccc2)c2ccccc21. The van der Waals surface area contributed by atoms with E-state index in [1.165, 1.54) is 0 Å². The lowest BCUT2D eigenvalue weighted by atomic mass is 9.79. The van der Waals surface area contributed by atoms with Gasteiger partial charge in [0.05, 0.1) is 12.2 Å². The molecule has 1 amide bonds. The lowest BCUT2D eigenvalue weighted by Gasteiger charge is -2.30. The first-order chi connectivity index (χ1) is 14.6. The van der Waals surface area contributed by atoms with Gasteiger partial charge in [-0.05, 0) is 28.0 Å². The van der Waals surface area contributed by atoms with Gasteiger partial charge in [0.1, 0.15) is 0 Å². The molecule has 0 fully saturated rings. The molecule has 0 aromatic heterocycles. The number of hydrogen-bond acceptors (Lipinski definition) is 2. The van der Waals surface area contributed by atoms with Crippen molar-refractivity contribution in [3.8, 4) is 0 Å². The van der Waals surface area contributed by atoms with Gasteiger partial charge in [0, 0.05) is 11.5 Å². The van der Waals surface area contributed by atoms with E-state index in [9.17, 15) is 9.90 Å². The van der Waals surface area contributed by atoms with E-state index in [1.54, 1.807) is 4.90 Å². The molecule has 1 heterocycles. The Balaban J connectivity index is 1.58. The minimum atomic E-state index is -1.60. The molecule has 1 aliphatic rings. The third-order valence-electron chi connectivity index (χ3n) is 6.26. The Morgan fingerprint density at radius 3 is 2.30 bits per heavy atom. The van der Waals surface area contributed by atoms with E-state index >= 15 is 0 Å². The van der Waals surface area contributed by atoms with Crippen molar-refractivity contribution in [1.82, 2.24) is 0 Å². The van der Waals surface area contributed by atoms with E-state index in [1.807, 2.05) is 79.7 Å². The Labute approximate surface area is 176 Å². The largest absolute Gasteiger partial charge is 0.375 e. The molecule has 2 atom stereocenters. The predicted molar refractivity (Wildman–Crippen MR) is 120 cm³/mol. The molecule has 0 aliphatic carbocycles. The van der Waals surface area contributed by atoms with Gasteiger partial charge < -0.3 is 10.0 Å². The number of rotatable bonds is 4. The Kier molecular flexibility index (Phi) is 4.41. The van der Waals surface area contributed by atoms with E-state index in [4.69, 9.17) is 0 Å². The molecule has 3 heteroatoms. The van der Waals surface area contributed by atoms with Crippen LogP contribution < -0.4 is 4.90 Å². The smallest absolute Gasteiger partial charge is 0.264 e. The zero-order valence-corrected chi connectivity index (χ0v) is 16.8. The minimum Gasteiger partial charge on any atom is -0.375 e. The molecule has 0 saturated carbocycles. The van der Waals surface area contributed by atoms with Crippen molar-refractivity contribution >= 4 is 22.4 Å². The Hall–Kier alpha value is -3.43. The van der Waals surface area contributed by atoms with Gasteiger partial charge in [-0.15, -0.1) is 0 Å². The maximum Gasteiger partial charge on any atom is 0.264 e. The summed E-state index contributed by atoms with van der Waals surface area (Å²) >= 11 is 0. The summed E-state index contributed by atoms with van der Waals surface area (Å²) in [5.41, 5.74) is 1.82. The molecule has 1 N–H and O–H groups in total. The maximum atomic E-state index is 13.6. The van der Waals surface area contributed by atoms with Gasteiger partial charge in [-0.1, -0.05) is 97.9 Å². The monoisotopic (exact) mass is 393 g/mol. The molecule has 30 heavy (non-hydrogen) atoms. The molecule has 3 nitrogen and oxygen atoms in total. The van der Waals surface area contributed by atoms with Gasteiger partial charge in [-0.25, -0.2) is 0 Å². The number of aliphatic hydroxyl groups is 1. The molecule has 0 radical (unpaired) electrons. The average Bonchev–Trinajstić information content (AvgIpc) is 3.02. The van der Waals surface area contributed by atoms with Crippen LogP contribution in [0.5, 0.6) is 0 Å². The van der Waals surface area contributed by atoms with Crippen molar-refractivity contribution in [1.29, 1.82) is 0 Å². The second-order valence-corrected chi connectivity index (χ2v) is 7.99. The number of para-hydroxylation sites is 1. The normalized spacial score (nSPS) is 19.1. The van der Waals surface area contributed by atoms with Crippen molar-refractivity contribution in [2.75, 3.05) is 4.90 Å². The van der Waals surface area contributed by atoms with E-state index < -0.39 is 11.5 Å². The number of benzene rings is 4. The van der Waals surface area contributed by atoms with Crippen LogP contribution >= 0.6 is 0 Å². The third kappa shape index (κ3) is 2.82. The fraction of sp³-hybridized carbons (Fsp3) is 0.148. The summed E-state index contributed by atoms with van der Waals surface area (Å²) in [5, 5.41) is 14.1. The van der Waals surface area contributed by atoms with Gasteiger partial charge >= 0.3 is 0 Å². The zero-order chi connectivity index (χ0) is 20.7. The van der Waals surface area contributed by atoms with Crippen LogP contribution in [0.1, 0.15) is 29.5 Å². The summed E-state index contributed by atoms with van der Waals surface area (Å²) in [6, 6.07) is 31.8. The van der Waals surface area contributed by atoms with Crippen LogP contribution in [0.25, 0.3) is 10.8 Å². The molecule has 0 spiro atoms. The van der Waals surface area contributed by atoms with Gasteiger partial charge in [-0.2, -0.15) is 0 Å². The molecule has 4 aromatic rings. The van der Waals surface area contributed by atoms with Gasteiger partial charge in [-0.3, -0.25) is 4.79 Å². The number of carbonyl (C=O) groups is 1. The first-order valence-corrected chi connectivity index (χ1v) is 10.3. The first-order valence-electron chi connectivity index (χ1n) is 10.3. The standard InChI is InChI=1S/C27H23NO2/c1-19(22-16-15-21-11-5-6-12-23(21)17-22)27(30)24-13-7-8-14-25(24)28(26(27)29)18-20-9-3-2-4-10-20/h2-17,19,30H,18H2,1H3/t19-,27+/m0/s1. The van der Waals surface area contributed by atoms with Gasteiger partial charge in [0.15, 0.2) is 5.60 Å². The summed E-state index contributed by atoms with van der Waals surface area (Å²) < 4.78 is 0. The average molecular weight is 393 g/mol. The van der Waals surface area contributed by atoms with E-state index in [0.29, 0.717) is 12.1 Å². The quantitative estimate of drug-likeness (QED) is 0.506. The number of hydrogen-bond donors (Lipinski definition) is 1. The van der Waals surface area contributed by atoms with Crippen LogP contribution in [0.15, 0.2) is 97.1 Å². The fourth-order valence-corrected chi connectivity index (χ4v) is 4.52. The van der Waals surface area contributed by atoms with Crippen LogP contribution in [-0.2, 0) is 16.9 Å². The maximum absolute atomic E-state index is 13.6. The summed E-state index contributed by atoms with van der Waals surface area (Å²) in [5.74, 6) is -0.662. The van der Waals surface area contributed by atoms with Crippen LogP contribution in [0, 0.1) is 0 Å². The molecule has 4 aromatic carbocycles. The number of fused-ring (bicyclic) bond motifs is 2. The van der Waals surface area contributed by atoms with Crippen molar-refractivity contribution in [3.63, 3.8) is 0 Å². The molecule has 148 valence electrons. The van der Waals surface area contributed by atoms with Gasteiger partial charge in [0.25, 0.3) is 5.91 Å². The van der Waals surface area contributed by atoms with Crippen LogP contribution in [-0.4, -0.2) is 11.0 Å². The predicted octanol–water partition coefficient (Wildman–Crippen LogP) is 5.38. The van der Waals surface area contributed by atoms with Crippen LogP contribution in [0.2, 0.25) is 0 Å². The zero-order valence-electron chi connectivity index (χ0n) is 16.8. The Morgan fingerprint density at radius 2 is 1.50 bits per heavy atom. The molecule has 0 unspecified atom stereocenters. The fourth-order valence-electron chi connectivity index (χ4n) is 4.52. The van der Waals surface area contributed by atoms with E-state index in [-0.39, 0.29) is 5.91 Å². The number of amides is 1. The Morgan fingerprint density at radius 1 is 0.833 bits per heavy atom. The molecular formula is C27H23NO2. The number of anilines is 1. The summed E-state index contributed by atoms with van der Waals surface area (Å²) in [6.07, 6.45) is 0. The Bertz CT molecular complexity index is 1230. The van der Waals surface area contributed by atoms with E-state index in [0.717, 1.165) is 27.6 Å². The summed E-state index contributed by atoms with van der Waals surface area (Å²) in [6.45, 7) is 2.37. The lowest BCUT2D eigenvalue weighted by molar-refractivity contribution is -0.138. The van der Waals surface area contributed by atoms with E-state index in [2.05, 4.69) is 24.3 Å². The highest BCUT2D eigenvalue weighted by Gasteiger charge is 2.53. The van der Waals surface area contributed by atoms with Crippen molar-refractivity contribution in [3.05, 3.63) is 114 Å². The third-order valence-corrected chi connectivity index (χ3v) is 6.26. The number of nitrogens with zero attached hydrogens (tertiary/aromatic N) is 1. The highest BCUT2D eigenvalue weighted by atomic mass is 16.3. The number of carbonyl (C=O) groups excluding carboxylic acids is 1. The molecule has 0 saturated heterocycles. The minimum absolute atomic E-state index is 0.270. The molecule has 0 bridgehead atoms. The second-order valence-electron chi connectivity index (χ2n) is 7.99. The molecular weight excluding hydrogens is 370 g/mol. The van der Waals surface area contributed by atoms with Crippen LogP contribution in [0.4, 0.5) is 5.69 Å². The molecule has 1 aliphatic heterocycles. The van der Waals surface area contributed by atoms with Crippen LogP contribution in [0.3, 0.4) is 0 Å². The summed E-state index contributed by atoms with van der Waals surface area (Å²) in [7, 11) is 0. The van der Waals surface area contributed by atoms with Crippen molar-refractivity contribution in [2.24, 2.45) is 0 Å². The highest BCUT2D eigenvalue weighted by molar-refractivity contribution is 6.07. The van der Waals surface area contributed by atoms with Crippen molar-refractivity contribution < 1.29 is 9.90 Å². The highest BCUT2D eigenvalue weighted by Crippen LogP contribution is 2.48.